The lowest BCUT2D eigenvalue weighted by Gasteiger charge is -2.09. The molecule has 2 aromatic heterocycles. The summed E-state index contributed by atoms with van der Waals surface area (Å²) in [6, 6.07) is 1.96. The summed E-state index contributed by atoms with van der Waals surface area (Å²) in [7, 11) is 1.64. The summed E-state index contributed by atoms with van der Waals surface area (Å²) in [4.78, 5) is 24.5. The average Bonchev–Trinajstić information content (AvgIpc) is 2.84. The predicted molar refractivity (Wildman–Crippen MR) is 79.5 cm³/mol. The Bertz CT molecular complexity index is 742. The molecule has 2 rings (SSSR count). The Balaban J connectivity index is 2.33. The molecule has 2 heterocycles. The second kappa shape index (κ2) is 5.51. The lowest BCUT2D eigenvalue weighted by Crippen LogP contribution is -2.30. The van der Waals surface area contributed by atoms with Crippen molar-refractivity contribution in [2.45, 2.75) is 33.7 Å². The van der Waals surface area contributed by atoms with E-state index in [0.717, 1.165) is 5.69 Å². The van der Waals surface area contributed by atoms with E-state index in [1.165, 1.54) is 4.57 Å². The number of aryl methyl sites for hydroxylation is 2. The van der Waals surface area contributed by atoms with Crippen LogP contribution in [0.5, 0.6) is 0 Å². The maximum Gasteiger partial charge on any atom is 0.263 e. The highest BCUT2D eigenvalue weighted by molar-refractivity contribution is 6.04. The largest absolute Gasteiger partial charge is 0.315 e. The molecule has 0 fully saturated rings. The van der Waals surface area contributed by atoms with E-state index in [0.29, 0.717) is 11.4 Å². The van der Waals surface area contributed by atoms with Crippen LogP contribution < -0.4 is 10.9 Å². The van der Waals surface area contributed by atoms with Gasteiger partial charge in [0.25, 0.3) is 11.5 Å². The summed E-state index contributed by atoms with van der Waals surface area (Å²) in [5.41, 5.74) is 1.26. The van der Waals surface area contributed by atoms with Gasteiger partial charge in [-0.3, -0.25) is 9.59 Å². The molecule has 0 aliphatic rings. The van der Waals surface area contributed by atoms with Gasteiger partial charge in [-0.2, -0.15) is 0 Å². The van der Waals surface area contributed by atoms with Crippen molar-refractivity contribution >= 4 is 11.7 Å². The number of rotatable bonds is 3. The van der Waals surface area contributed by atoms with Gasteiger partial charge in [0.05, 0.1) is 6.20 Å². The molecule has 0 saturated heterocycles. The Morgan fingerprint density at radius 3 is 2.57 bits per heavy atom. The highest BCUT2D eigenvalue weighted by atomic mass is 16.2. The molecule has 0 spiro atoms. The summed E-state index contributed by atoms with van der Waals surface area (Å²) in [5, 5.41) is 10.4. The number of nitrogens with zero attached hydrogens (tertiary/aromatic N) is 4. The van der Waals surface area contributed by atoms with Gasteiger partial charge in [-0.15, -0.1) is 5.10 Å². The molecule has 7 nitrogen and oxygen atoms in total. The maximum absolute atomic E-state index is 12.3. The first-order valence-corrected chi connectivity index (χ1v) is 6.71. The molecule has 1 amide bonds. The number of hydrogen-bond donors (Lipinski definition) is 1. The van der Waals surface area contributed by atoms with E-state index >= 15 is 0 Å². The monoisotopic (exact) mass is 289 g/mol. The van der Waals surface area contributed by atoms with Crippen molar-refractivity contribution < 1.29 is 4.79 Å². The summed E-state index contributed by atoms with van der Waals surface area (Å²) in [5.74, 6) is -0.139. The molecule has 112 valence electrons. The van der Waals surface area contributed by atoms with Crippen molar-refractivity contribution in [2.75, 3.05) is 5.32 Å². The van der Waals surface area contributed by atoms with Gasteiger partial charge in [-0.05, 0) is 39.3 Å². The molecule has 0 unspecified atom stereocenters. The predicted octanol–water partition coefficient (Wildman–Crippen LogP) is 1.43. The second-order valence-corrected chi connectivity index (χ2v) is 5.34. The van der Waals surface area contributed by atoms with Crippen LogP contribution in [0.25, 0.3) is 0 Å². The van der Waals surface area contributed by atoms with Gasteiger partial charge in [0, 0.05) is 18.8 Å². The molecule has 2 aromatic rings. The van der Waals surface area contributed by atoms with Crippen molar-refractivity contribution in [1.82, 2.24) is 19.6 Å². The van der Waals surface area contributed by atoms with Crippen LogP contribution in [0.15, 0.2) is 17.1 Å². The summed E-state index contributed by atoms with van der Waals surface area (Å²) >= 11 is 0. The summed E-state index contributed by atoms with van der Waals surface area (Å²) in [6.07, 6.45) is 1.64. The van der Waals surface area contributed by atoms with Gasteiger partial charge < -0.3 is 9.88 Å². The van der Waals surface area contributed by atoms with Crippen molar-refractivity contribution in [2.24, 2.45) is 7.05 Å². The normalized spacial score (nSPS) is 11.0. The van der Waals surface area contributed by atoms with Crippen molar-refractivity contribution in [3.05, 3.63) is 39.4 Å². The van der Waals surface area contributed by atoms with Crippen LogP contribution in [0.4, 0.5) is 5.82 Å². The smallest absolute Gasteiger partial charge is 0.263 e. The number of hydrogen-bond acceptors (Lipinski definition) is 4. The number of nitrogens with one attached hydrogen (secondary N) is 1. The number of pyridine rings is 1. The van der Waals surface area contributed by atoms with Crippen molar-refractivity contribution in [3.63, 3.8) is 0 Å². The topological polar surface area (TPSA) is 81.8 Å². The van der Waals surface area contributed by atoms with Crippen molar-refractivity contribution in [1.29, 1.82) is 0 Å². The first kappa shape index (κ1) is 15.0. The van der Waals surface area contributed by atoms with E-state index in [4.69, 9.17) is 0 Å². The Morgan fingerprint density at radius 1 is 1.33 bits per heavy atom. The first-order valence-electron chi connectivity index (χ1n) is 6.71. The van der Waals surface area contributed by atoms with Gasteiger partial charge in [0.15, 0.2) is 5.82 Å². The van der Waals surface area contributed by atoms with Gasteiger partial charge >= 0.3 is 0 Å². The van der Waals surface area contributed by atoms with E-state index in [2.05, 4.69) is 15.6 Å². The fourth-order valence-corrected chi connectivity index (χ4v) is 2.02. The lowest BCUT2D eigenvalue weighted by atomic mass is 10.1. The molecule has 21 heavy (non-hydrogen) atoms. The zero-order chi connectivity index (χ0) is 15.7. The van der Waals surface area contributed by atoms with E-state index in [1.807, 2.05) is 20.8 Å². The number of carbonyl (C=O) groups is 1. The number of anilines is 1. The number of aromatic nitrogens is 4. The molecule has 0 aliphatic carbocycles. The molecule has 1 N–H and O–H groups in total. The molecule has 7 heteroatoms. The van der Waals surface area contributed by atoms with Gasteiger partial charge in [-0.25, -0.2) is 4.68 Å². The standard InChI is InChI=1S/C14H19N5O2/c1-8(2)19-7-11(16-17-19)15-13(20)12-9(3)6-10(4)18(5)14(12)21/h6-8H,1-5H3,(H,15,20). The first-order chi connectivity index (χ1) is 9.81. The molecule has 0 radical (unpaired) electrons. The molecule has 0 aromatic carbocycles. The maximum atomic E-state index is 12.3. The van der Waals surface area contributed by atoms with Crippen LogP contribution in [0.1, 0.15) is 41.5 Å². The minimum atomic E-state index is -0.469. The van der Waals surface area contributed by atoms with Crippen LogP contribution in [0, 0.1) is 13.8 Å². The average molecular weight is 289 g/mol. The number of carbonyl (C=O) groups excluding carboxylic acids is 1. The third-order valence-corrected chi connectivity index (χ3v) is 3.38. The summed E-state index contributed by atoms with van der Waals surface area (Å²) < 4.78 is 3.09. The number of amides is 1. The van der Waals surface area contributed by atoms with Crippen LogP contribution in [-0.2, 0) is 7.05 Å². The molecular weight excluding hydrogens is 270 g/mol. The molecule has 0 bridgehead atoms. The van der Waals surface area contributed by atoms with E-state index in [1.54, 1.807) is 30.9 Å². The van der Waals surface area contributed by atoms with E-state index in [-0.39, 0.29) is 17.2 Å². The molecule has 0 saturated carbocycles. The van der Waals surface area contributed by atoms with E-state index < -0.39 is 5.91 Å². The molecule has 0 atom stereocenters. The Hall–Kier alpha value is -2.44. The summed E-state index contributed by atoms with van der Waals surface area (Å²) in [6.45, 7) is 7.49. The molecular formula is C14H19N5O2. The fourth-order valence-electron chi connectivity index (χ4n) is 2.02. The zero-order valence-corrected chi connectivity index (χ0v) is 12.8. The Labute approximate surface area is 122 Å². The Kier molecular flexibility index (Phi) is 3.93. The third kappa shape index (κ3) is 2.86. The van der Waals surface area contributed by atoms with Crippen molar-refractivity contribution in [3.8, 4) is 0 Å². The quantitative estimate of drug-likeness (QED) is 0.926. The molecule has 0 aliphatic heterocycles. The van der Waals surface area contributed by atoms with Gasteiger partial charge in [0.2, 0.25) is 0 Å². The van der Waals surface area contributed by atoms with Crippen LogP contribution in [0.2, 0.25) is 0 Å². The lowest BCUT2D eigenvalue weighted by molar-refractivity contribution is 0.102. The Morgan fingerprint density at radius 2 is 2.00 bits per heavy atom. The fraction of sp³-hybridized carbons (Fsp3) is 0.429. The van der Waals surface area contributed by atoms with Gasteiger partial charge in [-0.1, -0.05) is 5.21 Å². The minimum absolute atomic E-state index is 0.127. The SMILES string of the molecule is Cc1cc(C)n(C)c(=O)c1C(=O)Nc1cn(C(C)C)nn1. The van der Waals surface area contributed by atoms with Crippen LogP contribution >= 0.6 is 0 Å². The third-order valence-electron chi connectivity index (χ3n) is 3.38. The van der Waals surface area contributed by atoms with Crippen LogP contribution in [0.3, 0.4) is 0 Å². The highest BCUT2D eigenvalue weighted by Crippen LogP contribution is 2.10. The minimum Gasteiger partial charge on any atom is -0.315 e. The van der Waals surface area contributed by atoms with Gasteiger partial charge in [0.1, 0.15) is 5.56 Å². The van der Waals surface area contributed by atoms with E-state index in [9.17, 15) is 9.59 Å². The zero-order valence-electron chi connectivity index (χ0n) is 12.8. The second-order valence-electron chi connectivity index (χ2n) is 5.34. The highest BCUT2D eigenvalue weighted by Gasteiger charge is 2.17. The van der Waals surface area contributed by atoms with Crippen LogP contribution in [-0.4, -0.2) is 25.5 Å².